The molecule has 13 heteroatoms. The first-order valence-electron chi connectivity index (χ1n) is 10.4. The molecule has 1 N–H and O–H groups in total. The molecule has 0 bridgehead atoms. The Morgan fingerprint density at radius 2 is 1.92 bits per heavy atom. The fraction of sp³-hybridized carbons (Fsp3) is 0.217. The van der Waals surface area contributed by atoms with E-state index in [2.05, 4.69) is 5.10 Å². The van der Waals surface area contributed by atoms with E-state index in [9.17, 15) is 27.5 Å². The van der Waals surface area contributed by atoms with Gasteiger partial charge in [0.05, 0.1) is 28.0 Å². The summed E-state index contributed by atoms with van der Waals surface area (Å²) in [6.07, 6.45) is -0.637. The van der Waals surface area contributed by atoms with Crippen LogP contribution in [-0.2, 0) is 6.54 Å². The largest absolute Gasteiger partial charge is 1.00 e. The number of halogens is 6. The van der Waals surface area contributed by atoms with Gasteiger partial charge in [-0.3, -0.25) is 4.68 Å². The van der Waals surface area contributed by atoms with Gasteiger partial charge in [0, 0.05) is 33.0 Å². The molecular formula is C23H16ClF5N3NaO2S. The van der Waals surface area contributed by atoms with Gasteiger partial charge in [0.25, 0.3) is 0 Å². The summed E-state index contributed by atoms with van der Waals surface area (Å²) >= 11 is 6.99. The topological polar surface area (TPSA) is 60.0 Å². The number of fused-ring (bicyclic) bond motifs is 1. The molecule has 36 heavy (non-hydrogen) atoms. The van der Waals surface area contributed by atoms with Gasteiger partial charge in [-0.05, 0) is 37.1 Å². The van der Waals surface area contributed by atoms with Crippen LogP contribution in [0.2, 0.25) is 5.02 Å². The smallest absolute Gasteiger partial charge is 1.00 e. The fourth-order valence-electron chi connectivity index (χ4n) is 4.00. The third-order valence-electron chi connectivity index (χ3n) is 5.60. The average molecular weight is 552 g/mol. The quantitative estimate of drug-likeness (QED) is 0.289. The van der Waals surface area contributed by atoms with Crippen LogP contribution in [0.15, 0.2) is 52.5 Å². The van der Waals surface area contributed by atoms with Crippen molar-refractivity contribution in [2.75, 3.05) is 0 Å². The number of hydrogen-bond acceptors (Lipinski definition) is 3. The number of carbonyl (C=O) groups is 1. The SMILES string of the molecule is O=C(O)c1cccc(Sc2c(C3CC3)n(-c3cnn(CC(F)(F)F)c3)c3c(F)c(Cl)ccc23)c1F.[H-].[Na+]. The van der Waals surface area contributed by atoms with E-state index in [1.165, 1.54) is 35.2 Å². The van der Waals surface area contributed by atoms with Crippen molar-refractivity contribution < 1.29 is 62.8 Å². The molecule has 2 aromatic carbocycles. The van der Waals surface area contributed by atoms with Crippen LogP contribution in [0.1, 0.15) is 36.2 Å². The standard InChI is InChI=1S/C23H15ClF5N3O2S.Na.H/c24-15-7-6-14-20(18(15)26)32(12-8-30-31(9-12)10-23(27,28)29)19(11-4-5-11)21(14)35-16-3-1-2-13(17(16)25)22(33)34;;/h1-3,6-9,11H,4-5,10H2,(H,33,34);;/q;+1;-1. The predicted molar refractivity (Wildman–Crippen MR) is 121 cm³/mol. The van der Waals surface area contributed by atoms with E-state index < -0.39 is 35.9 Å². The first-order valence-corrected chi connectivity index (χ1v) is 11.6. The Hall–Kier alpha value is -2.05. The van der Waals surface area contributed by atoms with E-state index in [1.54, 1.807) is 6.07 Å². The van der Waals surface area contributed by atoms with Crippen molar-refractivity contribution in [3.63, 3.8) is 0 Å². The molecule has 0 radical (unpaired) electrons. The number of nitrogens with zero attached hydrogens (tertiary/aromatic N) is 3. The molecule has 5 nitrogen and oxygen atoms in total. The van der Waals surface area contributed by atoms with Gasteiger partial charge in [-0.15, -0.1) is 0 Å². The second-order valence-corrected chi connectivity index (χ2v) is 9.58. The predicted octanol–water partition coefficient (Wildman–Crippen LogP) is 4.16. The van der Waals surface area contributed by atoms with Crippen molar-refractivity contribution in [1.82, 2.24) is 14.3 Å². The fourth-order valence-corrected chi connectivity index (χ4v) is 5.36. The van der Waals surface area contributed by atoms with Crippen molar-refractivity contribution in [1.29, 1.82) is 0 Å². The Bertz CT molecular complexity index is 1490. The first kappa shape index (κ1) is 27.0. The molecule has 5 rings (SSSR count). The molecule has 0 unspecified atom stereocenters. The van der Waals surface area contributed by atoms with Crippen LogP contribution in [0.3, 0.4) is 0 Å². The van der Waals surface area contributed by atoms with E-state index >= 15 is 4.39 Å². The number of carboxylic acid groups (broad SMARTS) is 1. The molecule has 1 aliphatic carbocycles. The third kappa shape index (κ3) is 5.04. The third-order valence-corrected chi connectivity index (χ3v) is 7.06. The van der Waals surface area contributed by atoms with Gasteiger partial charge in [0.2, 0.25) is 0 Å². The van der Waals surface area contributed by atoms with Gasteiger partial charge in [0.15, 0.2) is 11.6 Å². The molecule has 0 saturated heterocycles. The minimum atomic E-state index is -4.50. The normalized spacial score (nSPS) is 13.7. The van der Waals surface area contributed by atoms with E-state index in [0.717, 1.165) is 30.7 Å². The molecule has 1 fully saturated rings. The van der Waals surface area contributed by atoms with Crippen LogP contribution in [-0.4, -0.2) is 31.6 Å². The zero-order valence-corrected chi connectivity index (χ0v) is 22.2. The second-order valence-electron chi connectivity index (χ2n) is 8.12. The summed E-state index contributed by atoms with van der Waals surface area (Å²) in [7, 11) is 0. The molecule has 0 spiro atoms. The summed E-state index contributed by atoms with van der Waals surface area (Å²) in [5, 5.41) is 13.3. The first-order chi connectivity index (χ1) is 16.5. The Balaban J connectivity index is 0.00000190. The number of hydrogen-bond donors (Lipinski definition) is 1. The molecule has 1 aliphatic rings. The summed E-state index contributed by atoms with van der Waals surface area (Å²) < 4.78 is 71.2. The molecule has 4 aromatic rings. The molecule has 0 amide bonds. The summed E-state index contributed by atoms with van der Waals surface area (Å²) in [4.78, 5) is 11.9. The van der Waals surface area contributed by atoms with Crippen molar-refractivity contribution >= 4 is 40.2 Å². The number of carboxylic acids is 1. The molecule has 184 valence electrons. The Morgan fingerprint density at radius 1 is 1.19 bits per heavy atom. The zero-order chi connectivity index (χ0) is 25.1. The van der Waals surface area contributed by atoms with Crippen molar-refractivity contribution in [3.8, 4) is 5.69 Å². The summed E-state index contributed by atoms with van der Waals surface area (Å²) in [6, 6.07) is 6.87. The molecule has 0 aliphatic heterocycles. The van der Waals surface area contributed by atoms with E-state index in [4.69, 9.17) is 11.6 Å². The Morgan fingerprint density at radius 3 is 2.56 bits per heavy atom. The van der Waals surface area contributed by atoms with Gasteiger partial charge >= 0.3 is 41.7 Å². The maximum absolute atomic E-state index is 15.4. The summed E-state index contributed by atoms with van der Waals surface area (Å²) in [5.74, 6) is -3.19. The Labute approximate surface area is 234 Å². The van der Waals surface area contributed by atoms with Crippen molar-refractivity contribution in [3.05, 3.63) is 70.6 Å². The van der Waals surface area contributed by atoms with Gasteiger partial charge in [-0.2, -0.15) is 18.3 Å². The minimum Gasteiger partial charge on any atom is -1.00 e. The van der Waals surface area contributed by atoms with Crippen LogP contribution in [0, 0.1) is 11.6 Å². The van der Waals surface area contributed by atoms with Gasteiger partial charge in [-0.25, -0.2) is 13.6 Å². The molecule has 0 atom stereocenters. The van der Waals surface area contributed by atoms with Crippen LogP contribution in [0.5, 0.6) is 0 Å². The van der Waals surface area contributed by atoms with E-state index in [-0.39, 0.29) is 58.0 Å². The average Bonchev–Trinajstić information content (AvgIpc) is 3.43. The zero-order valence-electron chi connectivity index (χ0n) is 19.6. The maximum atomic E-state index is 15.4. The van der Waals surface area contributed by atoms with Gasteiger partial charge in [0.1, 0.15) is 6.54 Å². The maximum Gasteiger partial charge on any atom is 1.00 e. The molecule has 2 aromatic heterocycles. The number of benzene rings is 2. The Kier molecular flexibility index (Phi) is 7.51. The monoisotopic (exact) mass is 551 g/mol. The number of aromatic carboxylic acids is 1. The van der Waals surface area contributed by atoms with Crippen LogP contribution in [0.25, 0.3) is 16.6 Å². The van der Waals surface area contributed by atoms with Crippen molar-refractivity contribution in [2.45, 2.75) is 41.3 Å². The second kappa shape index (κ2) is 10.0. The van der Waals surface area contributed by atoms with Crippen LogP contribution >= 0.6 is 23.4 Å². The number of alkyl halides is 3. The number of rotatable bonds is 6. The van der Waals surface area contributed by atoms with Crippen molar-refractivity contribution in [2.24, 2.45) is 0 Å². The van der Waals surface area contributed by atoms with Crippen LogP contribution in [0.4, 0.5) is 22.0 Å². The van der Waals surface area contributed by atoms with Crippen LogP contribution < -0.4 is 29.6 Å². The summed E-state index contributed by atoms with van der Waals surface area (Å²) in [5.41, 5.74) is 0.310. The molecular weight excluding hydrogens is 536 g/mol. The van der Waals surface area contributed by atoms with Gasteiger partial charge in [-0.1, -0.05) is 29.4 Å². The minimum absolute atomic E-state index is 0. The van der Waals surface area contributed by atoms with Gasteiger partial charge < -0.3 is 11.1 Å². The molecule has 1 saturated carbocycles. The molecule has 2 heterocycles. The van der Waals surface area contributed by atoms with E-state index in [1.807, 2.05) is 0 Å². The summed E-state index contributed by atoms with van der Waals surface area (Å²) in [6.45, 7) is -1.32. The van der Waals surface area contributed by atoms with E-state index in [0.29, 0.717) is 20.7 Å². The number of aromatic nitrogens is 3.